The summed E-state index contributed by atoms with van der Waals surface area (Å²) in [6, 6.07) is 0.716. The van der Waals surface area contributed by atoms with Crippen molar-refractivity contribution in [2.45, 2.75) is 64.8 Å². The van der Waals surface area contributed by atoms with Crippen LogP contribution in [0.4, 0.5) is 0 Å². The number of rotatable bonds is 6. The standard InChI is InChI=1S/C18H32N2/c1-4-11-20-12-7-17(8-13-20)19-15-18(14-16(2)3)9-5-6-10-18/h1,16-17,19H,5-15H2,2-3H3. The van der Waals surface area contributed by atoms with Crippen LogP contribution in [0, 0.1) is 23.7 Å². The second-order valence-electron chi connectivity index (χ2n) is 7.44. The molecule has 0 aromatic rings. The monoisotopic (exact) mass is 276 g/mol. The largest absolute Gasteiger partial charge is 0.313 e. The maximum absolute atomic E-state index is 5.39. The third-order valence-electron chi connectivity index (χ3n) is 5.17. The van der Waals surface area contributed by atoms with E-state index >= 15 is 0 Å². The van der Waals surface area contributed by atoms with Gasteiger partial charge in [-0.25, -0.2) is 0 Å². The maximum atomic E-state index is 5.39. The number of nitrogens with zero attached hydrogens (tertiary/aromatic N) is 1. The Labute approximate surface area is 125 Å². The Morgan fingerprint density at radius 3 is 2.45 bits per heavy atom. The molecule has 2 heteroatoms. The fourth-order valence-corrected chi connectivity index (χ4v) is 4.23. The van der Waals surface area contributed by atoms with Crippen LogP contribution in [0.1, 0.15) is 58.8 Å². The second-order valence-corrected chi connectivity index (χ2v) is 7.44. The minimum absolute atomic E-state index is 0.601. The summed E-state index contributed by atoms with van der Waals surface area (Å²) < 4.78 is 0. The summed E-state index contributed by atoms with van der Waals surface area (Å²) in [7, 11) is 0. The van der Waals surface area contributed by atoms with E-state index in [1.54, 1.807) is 0 Å². The van der Waals surface area contributed by atoms with Crippen LogP contribution >= 0.6 is 0 Å². The van der Waals surface area contributed by atoms with E-state index in [2.05, 4.69) is 30.0 Å². The fourth-order valence-electron chi connectivity index (χ4n) is 4.23. The highest BCUT2D eigenvalue weighted by Gasteiger charge is 2.34. The van der Waals surface area contributed by atoms with Gasteiger partial charge in [0, 0.05) is 25.7 Å². The quantitative estimate of drug-likeness (QED) is 0.749. The van der Waals surface area contributed by atoms with E-state index < -0.39 is 0 Å². The topological polar surface area (TPSA) is 15.3 Å². The molecule has 0 aromatic carbocycles. The van der Waals surface area contributed by atoms with Crippen molar-refractivity contribution in [3.63, 3.8) is 0 Å². The van der Waals surface area contributed by atoms with Crippen LogP contribution in [0.5, 0.6) is 0 Å². The molecule has 0 spiro atoms. The Morgan fingerprint density at radius 1 is 1.25 bits per heavy atom. The lowest BCUT2D eigenvalue weighted by Crippen LogP contribution is -2.46. The van der Waals surface area contributed by atoms with Crippen molar-refractivity contribution in [2.75, 3.05) is 26.2 Å². The second kappa shape index (κ2) is 7.48. The van der Waals surface area contributed by atoms with Gasteiger partial charge in [-0.2, -0.15) is 0 Å². The molecule has 1 saturated carbocycles. The van der Waals surface area contributed by atoms with Crippen LogP contribution < -0.4 is 5.32 Å². The first kappa shape index (κ1) is 15.9. The van der Waals surface area contributed by atoms with Gasteiger partial charge in [-0.05, 0) is 43.4 Å². The molecule has 0 atom stereocenters. The van der Waals surface area contributed by atoms with Gasteiger partial charge in [0.2, 0.25) is 0 Å². The molecule has 2 fully saturated rings. The van der Waals surface area contributed by atoms with E-state index in [0.717, 1.165) is 12.5 Å². The number of piperidine rings is 1. The van der Waals surface area contributed by atoms with Gasteiger partial charge < -0.3 is 5.32 Å². The van der Waals surface area contributed by atoms with E-state index in [9.17, 15) is 0 Å². The zero-order chi connectivity index (χ0) is 14.4. The fraction of sp³-hybridized carbons (Fsp3) is 0.889. The van der Waals surface area contributed by atoms with Gasteiger partial charge >= 0.3 is 0 Å². The van der Waals surface area contributed by atoms with Gasteiger partial charge in [0.25, 0.3) is 0 Å². The Hall–Kier alpha value is -0.520. The highest BCUT2D eigenvalue weighted by atomic mass is 15.1. The molecule has 1 aliphatic heterocycles. The molecular weight excluding hydrogens is 244 g/mol. The SMILES string of the molecule is C#CCN1CCC(NCC2(CC(C)C)CCCC2)CC1. The highest BCUT2D eigenvalue weighted by Crippen LogP contribution is 2.42. The number of nitrogens with one attached hydrogen (secondary N) is 1. The lowest BCUT2D eigenvalue weighted by Gasteiger charge is -2.36. The molecule has 2 rings (SSSR count). The first-order valence-corrected chi connectivity index (χ1v) is 8.53. The molecule has 20 heavy (non-hydrogen) atoms. The molecule has 1 heterocycles. The van der Waals surface area contributed by atoms with Crippen molar-refractivity contribution in [1.29, 1.82) is 0 Å². The van der Waals surface area contributed by atoms with E-state index in [0.29, 0.717) is 11.5 Å². The van der Waals surface area contributed by atoms with Crippen LogP contribution in [-0.4, -0.2) is 37.1 Å². The van der Waals surface area contributed by atoms with E-state index in [4.69, 9.17) is 6.42 Å². The van der Waals surface area contributed by atoms with Crippen LogP contribution in [0.2, 0.25) is 0 Å². The zero-order valence-electron chi connectivity index (χ0n) is 13.5. The van der Waals surface area contributed by atoms with Gasteiger partial charge in [-0.3, -0.25) is 4.90 Å². The Kier molecular flexibility index (Phi) is 5.93. The molecule has 114 valence electrons. The smallest absolute Gasteiger partial charge is 0.0598 e. The van der Waals surface area contributed by atoms with Crippen LogP contribution in [-0.2, 0) is 0 Å². The number of hydrogen-bond donors (Lipinski definition) is 1. The van der Waals surface area contributed by atoms with Crippen LogP contribution in [0.25, 0.3) is 0 Å². The van der Waals surface area contributed by atoms with E-state index in [-0.39, 0.29) is 0 Å². The summed E-state index contributed by atoms with van der Waals surface area (Å²) in [6.07, 6.45) is 15.1. The Morgan fingerprint density at radius 2 is 1.90 bits per heavy atom. The van der Waals surface area contributed by atoms with Crippen molar-refractivity contribution in [2.24, 2.45) is 11.3 Å². The van der Waals surface area contributed by atoms with E-state index in [1.165, 1.54) is 64.6 Å². The Bertz CT molecular complexity index is 315. The molecule has 0 aromatic heterocycles. The number of hydrogen-bond acceptors (Lipinski definition) is 2. The number of likely N-dealkylation sites (tertiary alicyclic amines) is 1. The van der Waals surface area contributed by atoms with E-state index in [1.807, 2.05) is 0 Å². The molecular formula is C18H32N2. The Balaban J connectivity index is 1.75. The summed E-state index contributed by atoms with van der Waals surface area (Å²) in [4.78, 5) is 2.40. The molecule has 1 saturated heterocycles. The molecule has 1 N–H and O–H groups in total. The first-order valence-electron chi connectivity index (χ1n) is 8.53. The minimum Gasteiger partial charge on any atom is -0.313 e. The average Bonchev–Trinajstić information content (AvgIpc) is 2.86. The molecule has 0 bridgehead atoms. The first-order chi connectivity index (χ1) is 9.63. The zero-order valence-corrected chi connectivity index (χ0v) is 13.5. The lowest BCUT2D eigenvalue weighted by molar-refractivity contribution is 0.179. The summed E-state index contributed by atoms with van der Waals surface area (Å²) in [5, 5.41) is 3.89. The van der Waals surface area contributed by atoms with Gasteiger partial charge in [0.15, 0.2) is 0 Å². The maximum Gasteiger partial charge on any atom is 0.0598 e. The van der Waals surface area contributed by atoms with Crippen molar-refractivity contribution in [3.05, 3.63) is 0 Å². The van der Waals surface area contributed by atoms with Gasteiger partial charge in [0.05, 0.1) is 6.54 Å². The molecule has 1 aliphatic carbocycles. The summed E-state index contributed by atoms with van der Waals surface area (Å²) in [5.41, 5.74) is 0.601. The molecule has 2 nitrogen and oxygen atoms in total. The van der Waals surface area contributed by atoms with Gasteiger partial charge in [-0.15, -0.1) is 6.42 Å². The van der Waals surface area contributed by atoms with Crippen molar-refractivity contribution in [1.82, 2.24) is 10.2 Å². The third-order valence-corrected chi connectivity index (χ3v) is 5.17. The predicted molar refractivity (Wildman–Crippen MR) is 86.7 cm³/mol. The normalized spacial score (nSPS) is 24.1. The van der Waals surface area contributed by atoms with Gasteiger partial charge in [0.1, 0.15) is 0 Å². The van der Waals surface area contributed by atoms with Crippen LogP contribution in [0.3, 0.4) is 0 Å². The van der Waals surface area contributed by atoms with Crippen LogP contribution in [0.15, 0.2) is 0 Å². The number of terminal acetylenes is 1. The summed E-state index contributed by atoms with van der Waals surface area (Å²) in [5.74, 6) is 3.59. The highest BCUT2D eigenvalue weighted by molar-refractivity contribution is 4.92. The predicted octanol–water partition coefficient (Wildman–Crippen LogP) is 3.28. The summed E-state index contributed by atoms with van der Waals surface area (Å²) >= 11 is 0. The minimum atomic E-state index is 0.601. The molecule has 0 unspecified atom stereocenters. The van der Waals surface area contributed by atoms with Crippen molar-refractivity contribution in [3.8, 4) is 12.3 Å². The third kappa shape index (κ3) is 4.50. The summed E-state index contributed by atoms with van der Waals surface area (Å²) in [6.45, 7) is 9.14. The van der Waals surface area contributed by atoms with Crippen molar-refractivity contribution >= 4 is 0 Å². The van der Waals surface area contributed by atoms with Crippen molar-refractivity contribution < 1.29 is 0 Å². The molecule has 0 radical (unpaired) electrons. The molecule has 0 amide bonds. The van der Waals surface area contributed by atoms with Gasteiger partial charge in [-0.1, -0.05) is 32.6 Å². The molecule has 2 aliphatic rings. The lowest BCUT2D eigenvalue weighted by atomic mass is 9.78. The average molecular weight is 276 g/mol.